The summed E-state index contributed by atoms with van der Waals surface area (Å²) in [4.78, 5) is 31.2. The summed E-state index contributed by atoms with van der Waals surface area (Å²) in [5.41, 5.74) is 2.84. The molecule has 0 bridgehead atoms. The average molecular weight is 499 g/mol. The zero-order valence-corrected chi connectivity index (χ0v) is 20.3. The van der Waals surface area contributed by atoms with E-state index in [4.69, 9.17) is 0 Å². The van der Waals surface area contributed by atoms with Gasteiger partial charge in [0.15, 0.2) is 0 Å². The van der Waals surface area contributed by atoms with E-state index in [-0.39, 0.29) is 18.4 Å². The second-order valence-corrected chi connectivity index (χ2v) is 9.42. The zero-order valence-electron chi connectivity index (χ0n) is 17.9. The molecule has 1 aromatic heterocycles. The molecule has 6 heteroatoms. The summed E-state index contributed by atoms with van der Waals surface area (Å²) in [6, 6.07) is 19.4. The normalized spacial score (nSPS) is 10.7. The smallest absolute Gasteiger partial charge is 0.254 e. The summed E-state index contributed by atoms with van der Waals surface area (Å²) in [6.45, 7) is 5.74. The standard InChI is InChI=1S/C25H27BrN2O2S/c1-3-13-27(25(30)21-10-7-11-22(26)15-21)18-24(29)28(16-20-8-5-4-6-9-20)17-23-19(2)12-14-31-23/h4-12,14-15H,3,13,16-18H2,1-2H3. The number of rotatable bonds is 9. The van der Waals surface area contributed by atoms with Crippen LogP contribution in [0.1, 0.15) is 39.7 Å². The van der Waals surface area contributed by atoms with Gasteiger partial charge in [0.2, 0.25) is 5.91 Å². The monoisotopic (exact) mass is 498 g/mol. The van der Waals surface area contributed by atoms with Gasteiger partial charge in [-0.1, -0.05) is 59.3 Å². The maximum absolute atomic E-state index is 13.4. The van der Waals surface area contributed by atoms with E-state index in [1.807, 2.05) is 54.3 Å². The summed E-state index contributed by atoms with van der Waals surface area (Å²) in [7, 11) is 0. The average Bonchev–Trinajstić information content (AvgIpc) is 3.17. The molecule has 2 amide bonds. The second kappa shape index (κ2) is 11.3. The number of hydrogen-bond acceptors (Lipinski definition) is 3. The second-order valence-electron chi connectivity index (χ2n) is 7.50. The molecule has 0 aliphatic heterocycles. The molecule has 3 rings (SSSR count). The van der Waals surface area contributed by atoms with Crippen molar-refractivity contribution in [1.29, 1.82) is 0 Å². The van der Waals surface area contributed by atoms with Crippen LogP contribution in [-0.4, -0.2) is 34.7 Å². The fourth-order valence-electron chi connectivity index (χ4n) is 3.37. The Labute approximate surface area is 196 Å². The Morgan fingerprint density at radius 3 is 2.39 bits per heavy atom. The lowest BCUT2D eigenvalue weighted by Crippen LogP contribution is -2.42. The van der Waals surface area contributed by atoms with Crippen LogP contribution in [0.2, 0.25) is 0 Å². The zero-order chi connectivity index (χ0) is 22.2. The van der Waals surface area contributed by atoms with Crippen LogP contribution in [0.4, 0.5) is 0 Å². The molecule has 4 nitrogen and oxygen atoms in total. The van der Waals surface area contributed by atoms with Gasteiger partial charge in [0.25, 0.3) is 5.91 Å². The molecule has 0 atom stereocenters. The molecule has 0 aliphatic rings. The van der Waals surface area contributed by atoms with Crippen LogP contribution in [0.3, 0.4) is 0 Å². The quantitative estimate of drug-likeness (QED) is 0.368. The van der Waals surface area contributed by atoms with E-state index in [1.54, 1.807) is 28.4 Å². The molecule has 0 radical (unpaired) electrons. The third-order valence-electron chi connectivity index (χ3n) is 5.05. The molecule has 0 fully saturated rings. The number of amides is 2. The topological polar surface area (TPSA) is 40.6 Å². The highest BCUT2D eigenvalue weighted by molar-refractivity contribution is 9.10. The lowest BCUT2D eigenvalue weighted by atomic mass is 10.1. The molecule has 0 saturated carbocycles. The van der Waals surface area contributed by atoms with Gasteiger partial charge in [-0.05, 0) is 54.1 Å². The van der Waals surface area contributed by atoms with E-state index < -0.39 is 0 Å². The third-order valence-corrected chi connectivity index (χ3v) is 6.55. The maximum Gasteiger partial charge on any atom is 0.254 e. The van der Waals surface area contributed by atoms with Crippen LogP contribution >= 0.6 is 27.3 Å². The van der Waals surface area contributed by atoms with Crippen LogP contribution in [-0.2, 0) is 17.9 Å². The Morgan fingerprint density at radius 1 is 0.968 bits per heavy atom. The molecule has 1 heterocycles. The van der Waals surface area contributed by atoms with Crippen molar-refractivity contribution in [1.82, 2.24) is 9.80 Å². The minimum absolute atomic E-state index is 0.0477. The van der Waals surface area contributed by atoms with Crippen molar-refractivity contribution in [3.8, 4) is 0 Å². The molecule has 0 spiro atoms. The predicted molar refractivity (Wildman–Crippen MR) is 130 cm³/mol. The highest BCUT2D eigenvalue weighted by Crippen LogP contribution is 2.20. The highest BCUT2D eigenvalue weighted by atomic mass is 79.9. The summed E-state index contributed by atoms with van der Waals surface area (Å²) in [5, 5.41) is 2.05. The Bertz CT molecular complexity index is 1020. The minimum Gasteiger partial charge on any atom is -0.332 e. The van der Waals surface area contributed by atoms with Crippen LogP contribution in [0.15, 0.2) is 70.5 Å². The Kier molecular flexibility index (Phi) is 8.43. The molecule has 0 unspecified atom stereocenters. The van der Waals surface area contributed by atoms with Crippen molar-refractivity contribution in [3.05, 3.63) is 92.1 Å². The Morgan fingerprint density at radius 2 is 1.74 bits per heavy atom. The van der Waals surface area contributed by atoms with Gasteiger partial charge < -0.3 is 9.80 Å². The van der Waals surface area contributed by atoms with Crippen LogP contribution in [0.5, 0.6) is 0 Å². The van der Waals surface area contributed by atoms with Gasteiger partial charge in [-0.2, -0.15) is 0 Å². The van der Waals surface area contributed by atoms with E-state index >= 15 is 0 Å². The van der Waals surface area contributed by atoms with E-state index in [2.05, 4.69) is 34.3 Å². The van der Waals surface area contributed by atoms with Crippen LogP contribution in [0.25, 0.3) is 0 Å². The molecule has 31 heavy (non-hydrogen) atoms. The molecule has 0 N–H and O–H groups in total. The van der Waals surface area contributed by atoms with Gasteiger partial charge >= 0.3 is 0 Å². The first-order chi connectivity index (χ1) is 15.0. The molecule has 162 valence electrons. The summed E-state index contributed by atoms with van der Waals surface area (Å²) in [6.07, 6.45) is 0.787. The fraction of sp³-hybridized carbons (Fsp3) is 0.280. The van der Waals surface area contributed by atoms with E-state index in [1.165, 1.54) is 10.4 Å². The number of benzene rings is 2. The molecule has 2 aromatic carbocycles. The first-order valence-electron chi connectivity index (χ1n) is 10.4. The van der Waals surface area contributed by atoms with Crippen molar-refractivity contribution in [2.75, 3.05) is 13.1 Å². The maximum atomic E-state index is 13.4. The summed E-state index contributed by atoms with van der Waals surface area (Å²) in [5.74, 6) is -0.170. The predicted octanol–water partition coefficient (Wildman–Crippen LogP) is 5.90. The number of carbonyl (C=O) groups excluding carboxylic acids is 2. The van der Waals surface area contributed by atoms with Gasteiger partial charge in [-0.15, -0.1) is 11.3 Å². The highest BCUT2D eigenvalue weighted by Gasteiger charge is 2.23. The molecule has 3 aromatic rings. The van der Waals surface area contributed by atoms with Gasteiger partial charge in [-0.3, -0.25) is 9.59 Å². The van der Waals surface area contributed by atoms with Crippen molar-refractivity contribution in [2.45, 2.75) is 33.4 Å². The first kappa shape index (κ1) is 23.2. The van der Waals surface area contributed by atoms with Gasteiger partial charge in [-0.25, -0.2) is 0 Å². The molecular weight excluding hydrogens is 472 g/mol. The minimum atomic E-state index is -0.122. The van der Waals surface area contributed by atoms with E-state index in [0.717, 1.165) is 16.5 Å². The van der Waals surface area contributed by atoms with Crippen molar-refractivity contribution in [2.24, 2.45) is 0 Å². The lowest BCUT2D eigenvalue weighted by molar-refractivity contribution is -0.133. The van der Waals surface area contributed by atoms with Crippen molar-refractivity contribution in [3.63, 3.8) is 0 Å². The first-order valence-corrected chi connectivity index (χ1v) is 12.0. The van der Waals surface area contributed by atoms with Crippen LogP contribution in [0, 0.1) is 6.92 Å². The van der Waals surface area contributed by atoms with Crippen molar-refractivity contribution < 1.29 is 9.59 Å². The fourth-order valence-corrected chi connectivity index (χ4v) is 4.69. The third kappa shape index (κ3) is 6.52. The molecule has 0 aliphatic carbocycles. The number of nitrogens with zero attached hydrogens (tertiary/aromatic N) is 2. The molecule has 0 saturated heterocycles. The molecular formula is C25H27BrN2O2S. The van der Waals surface area contributed by atoms with Gasteiger partial charge in [0, 0.05) is 28.0 Å². The van der Waals surface area contributed by atoms with Gasteiger partial charge in [0.05, 0.1) is 6.54 Å². The largest absolute Gasteiger partial charge is 0.332 e. The number of aryl methyl sites for hydroxylation is 1. The summed E-state index contributed by atoms with van der Waals surface area (Å²) >= 11 is 5.09. The number of carbonyl (C=O) groups is 2. The number of thiophene rings is 1. The Hall–Kier alpha value is -2.44. The Balaban J connectivity index is 1.80. The SMILES string of the molecule is CCCN(CC(=O)N(Cc1ccccc1)Cc1sccc1C)C(=O)c1cccc(Br)c1. The number of hydrogen-bond donors (Lipinski definition) is 0. The lowest BCUT2D eigenvalue weighted by Gasteiger charge is -2.28. The van der Waals surface area contributed by atoms with E-state index in [0.29, 0.717) is 25.2 Å². The van der Waals surface area contributed by atoms with E-state index in [9.17, 15) is 9.59 Å². The number of halogens is 1. The van der Waals surface area contributed by atoms with Gasteiger partial charge in [0.1, 0.15) is 6.54 Å². The summed E-state index contributed by atoms with van der Waals surface area (Å²) < 4.78 is 0.847. The van der Waals surface area contributed by atoms with Crippen molar-refractivity contribution >= 4 is 39.1 Å². The van der Waals surface area contributed by atoms with Crippen LogP contribution < -0.4 is 0 Å².